The summed E-state index contributed by atoms with van der Waals surface area (Å²) in [4.78, 5) is 16.8. The highest BCUT2D eigenvalue weighted by Gasteiger charge is 2.41. The van der Waals surface area contributed by atoms with Gasteiger partial charge in [-0.2, -0.15) is 0 Å². The highest BCUT2D eigenvalue weighted by Crippen LogP contribution is 2.36. The number of carbonyl (C=O) groups excluding carboxylic acids is 1. The first-order chi connectivity index (χ1) is 9.15. The van der Waals surface area contributed by atoms with Crippen LogP contribution in [0.25, 0.3) is 0 Å². The SMILES string of the molecule is CCN(CC)CCCC(C)N1C2CCC1CC(=O)C2. The van der Waals surface area contributed by atoms with Gasteiger partial charge in [0.15, 0.2) is 0 Å². The third kappa shape index (κ3) is 3.57. The molecule has 2 fully saturated rings. The largest absolute Gasteiger partial charge is 0.304 e. The Hall–Kier alpha value is -0.410. The second kappa shape index (κ2) is 6.85. The van der Waals surface area contributed by atoms with Gasteiger partial charge in [0.25, 0.3) is 0 Å². The standard InChI is InChI=1S/C16H30N2O/c1-4-17(5-2)10-6-7-13(3)18-14-8-9-15(18)12-16(19)11-14/h13-15H,4-12H2,1-3H3. The Balaban J connectivity index is 1.77. The minimum Gasteiger partial charge on any atom is -0.304 e. The van der Waals surface area contributed by atoms with Crippen LogP contribution in [-0.4, -0.2) is 53.3 Å². The summed E-state index contributed by atoms with van der Waals surface area (Å²) < 4.78 is 0. The van der Waals surface area contributed by atoms with Crippen molar-refractivity contribution in [2.24, 2.45) is 0 Å². The van der Waals surface area contributed by atoms with Crippen LogP contribution >= 0.6 is 0 Å². The van der Waals surface area contributed by atoms with E-state index in [2.05, 4.69) is 30.6 Å². The van der Waals surface area contributed by atoms with Crippen molar-refractivity contribution in [3.63, 3.8) is 0 Å². The summed E-state index contributed by atoms with van der Waals surface area (Å²) in [5.41, 5.74) is 0. The van der Waals surface area contributed by atoms with E-state index in [9.17, 15) is 4.79 Å². The third-order valence-corrected chi connectivity index (χ3v) is 5.10. The maximum absolute atomic E-state index is 11.6. The Morgan fingerprint density at radius 2 is 1.79 bits per heavy atom. The lowest BCUT2D eigenvalue weighted by atomic mass is 9.98. The average Bonchev–Trinajstić information content (AvgIpc) is 2.67. The Morgan fingerprint density at radius 3 is 2.32 bits per heavy atom. The van der Waals surface area contributed by atoms with Crippen molar-refractivity contribution in [3.8, 4) is 0 Å². The lowest BCUT2D eigenvalue weighted by Gasteiger charge is -2.39. The van der Waals surface area contributed by atoms with Crippen LogP contribution in [0.1, 0.15) is 59.3 Å². The maximum Gasteiger partial charge on any atom is 0.136 e. The molecule has 0 spiro atoms. The normalized spacial score (nSPS) is 29.2. The summed E-state index contributed by atoms with van der Waals surface area (Å²) in [7, 11) is 0. The van der Waals surface area contributed by atoms with Gasteiger partial charge < -0.3 is 4.90 Å². The van der Waals surface area contributed by atoms with E-state index in [-0.39, 0.29) is 0 Å². The number of Topliss-reactive ketones (excluding diaryl/α,β-unsaturated/α-hetero) is 1. The molecule has 0 saturated carbocycles. The first-order valence-corrected chi connectivity index (χ1v) is 8.17. The van der Waals surface area contributed by atoms with Crippen LogP contribution in [0.3, 0.4) is 0 Å². The van der Waals surface area contributed by atoms with E-state index in [0.29, 0.717) is 23.9 Å². The quantitative estimate of drug-likeness (QED) is 0.708. The molecule has 0 aromatic rings. The molecule has 2 saturated heterocycles. The molecule has 3 heteroatoms. The van der Waals surface area contributed by atoms with E-state index in [1.165, 1.54) is 32.2 Å². The number of ketones is 1. The van der Waals surface area contributed by atoms with Gasteiger partial charge in [-0.1, -0.05) is 13.8 Å². The Labute approximate surface area is 118 Å². The van der Waals surface area contributed by atoms with Crippen molar-refractivity contribution in [2.45, 2.75) is 77.4 Å². The van der Waals surface area contributed by atoms with E-state index >= 15 is 0 Å². The van der Waals surface area contributed by atoms with Gasteiger partial charge in [0.05, 0.1) is 0 Å². The minimum absolute atomic E-state index is 0.499. The van der Waals surface area contributed by atoms with Gasteiger partial charge in [0.2, 0.25) is 0 Å². The molecular weight excluding hydrogens is 236 g/mol. The summed E-state index contributed by atoms with van der Waals surface area (Å²) in [6, 6.07) is 1.78. The molecule has 2 aliphatic rings. The summed E-state index contributed by atoms with van der Waals surface area (Å²) in [6.45, 7) is 10.4. The Bertz CT molecular complexity index is 285. The molecule has 19 heavy (non-hydrogen) atoms. The van der Waals surface area contributed by atoms with Gasteiger partial charge in [-0.25, -0.2) is 0 Å². The lowest BCUT2D eigenvalue weighted by molar-refractivity contribution is -0.124. The number of piperidine rings is 1. The van der Waals surface area contributed by atoms with Gasteiger partial charge in [-0.3, -0.25) is 9.69 Å². The molecule has 0 radical (unpaired) electrons. The van der Waals surface area contributed by atoms with Crippen LogP contribution in [0.2, 0.25) is 0 Å². The first-order valence-electron chi connectivity index (χ1n) is 8.17. The summed E-state index contributed by atoms with van der Waals surface area (Å²) in [5, 5.41) is 0. The molecule has 3 nitrogen and oxygen atoms in total. The molecule has 2 rings (SSSR count). The van der Waals surface area contributed by atoms with Crippen LogP contribution in [0, 0.1) is 0 Å². The molecule has 2 aliphatic heterocycles. The Morgan fingerprint density at radius 1 is 1.21 bits per heavy atom. The van der Waals surface area contributed by atoms with Crippen LogP contribution in [0.4, 0.5) is 0 Å². The Kier molecular flexibility index (Phi) is 5.40. The predicted molar refractivity (Wildman–Crippen MR) is 79.4 cm³/mol. The molecule has 0 aromatic heterocycles. The maximum atomic E-state index is 11.6. The highest BCUT2D eigenvalue weighted by molar-refractivity contribution is 5.81. The molecular formula is C16H30N2O. The second-order valence-corrected chi connectivity index (χ2v) is 6.30. The van der Waals surface area contributed by atoms with E-state index in [4.69, 9.17) is 0 Å². The number of carbonyl (C=O) groups is 1. The van der Waals surface area contributed by atoms with Gasteiger partial charge in [-0.15, -0.1) is 0 Å². The molecule has 0 aliphatic carbocycles. The van der Waals surface area contributed by atoms with Crippen LogP contribution in [-0.2, 0) is 4.79 Å². The van der Waals surface area contributed by atoms with Gasteiger partial charge >= 0.3 is 0 Å². The monoisotopic (exact) mass is 266 g/mol. The molecule has 3 unspecified atom stereocenters. The van der Waals surface area contributed by atoms with Crippen molar-refractivity contribution in [3.05, 3.63) is 0 Å². The average molecular weight is 266 g/mol. The van der Waals surface area contributed by atoms with Gasteiger partial charge in [-0.05, 0) is 52.2 Å². The number of fused-ring (bicyclic) bond motifs is 2. The van der Waals surface area contributed by atoms with Crippen LogP contribution in [0.15, 0.2) is 0 Å². The van der Waals surface area contributed by atoms with Crippen molar-refractivity contribution in [2.75, 3.05) is 19.6 Å². The van der Waals surface area contributed by atoms with Gasteiger partial charge in [0.1, 0.15) is 5.78 Å². The van der Waals surface area contributed by atoms with Crippen molar-refractivity contribution < 1.29 is 4.79 Å². The molecule has 2 heterocycles. The topological polar surface area (TPSA) is 23.6 Å². The van der Waals surface area contributed by atoms with E-state index < -0.39 is 0 Å². The fourth-order valence-electron chi connectivity index (χ4n) is 4.02. The molecule has 3 atom stereocenters. The summed E-state index contributed by atoms with van der Waals surface area (Å²) >= 11 is 0. The van der Waals surface area contributed by atoms with Crippen molar-refractivity contribution in [1.29, 1.82) is 0 Å². The molecule has 0 aromatic carbocycles. The van der Waals surface area contributed by atoms with Crippen LogP contribution in [0.5, 0.6) is 0 Å². The molecule has 2 bridgehead atoms. The lowest BCUT2D eigenvalue weighted by Crippen LogP contribution is -2.48. The summed E-state index contributed by atoms with van der Waals surface area (Å²) in [5.74, 6) is 0.499. The van der Waals surface area contributed by atoms with Gasteiger partial charge in [0, 0.05) is 31.0 Å². The number of rotatable bonds is 7. The summed E-state index contributed by atoms with van der Waals surface area (Å²) in [6.07, 6.45) is 6.69. The molecule has 110 valence electrons. The van der Waals surface area contributed by atoms with E-state index in [1.807, 2.05) is 0 Å². The zero-order valence-electron chi connectivity index (χ0n) is 12.9. The molecule has 0 amide bonds. The van der Waals surface area contributed by atoms with Crippen molar-refractivity contribution >= 4 is 5.78 Å². The number of hydrogen-bond donors (Lipinski definition) is 0. The fourth-order valence-corrected chi connectivity index (χ4v) is 4.02. The van der Waals surface area contributed by atoms with Crippen LogP contribution < -0.4 is 0 Å². The zero-order chi connectivity index (χ0) is 13.8. The number of hydrogen-bond acceptors (Lipinski definition) is 3. The molecule has 0 N–H and O–H groups in total. The highest BCUT2D eigenvalue weighted by atomic mass is 16.1. The third-order valence-electron chi connectivity index (χ3n) is 5.10. The van der Waals surface area contributed by atoms with E-state index in [0.717, 1.165) is 25.9 Å². The first kappa shape index (κ1) is 15.0. The zero-order valence-corrected chi connectivity index (χ0v) is 12.9. The minimum atomic E-state index is 0.499. The van der Waals surface area contributed by atoms with E-state index in [1.54, 1.807) is 0 Å². The number of nitrogens with zero attached hydrogens (tertiary/aromatic N) is 2. The predicted octanol–water partition coefficient (Wildman–Crippen LogP) is 2.69. The smallest absolute Gasteiger partial charge is 0.136 e. The fraction of sp³-hybridized carbons (Fsp3) is 0.938. The van der Waals surface area contributed by atoms with Crippen molar-refractivity contribution in [1.82, 2.24) is 9.80 Å². The second-order valence-electron chi connectivity index (χ2n) is 6.30.